The maximum Gasteiger partial charge on any atom is 0.306 e. The molecule has 5 nitrogen and oxygen atoms in total. The predicted molar refractivity (Wildman–Crippen MR) is 90.8 cm³/mol. The average Bonchev–Trinajstić information content (AvgIpc) is 2.55. The Balaban J connectivity index is 2.23. The molecule has 0 aliphatic carbocycles. The first kappa shape index (κ1) is 17.7. The van der Waals surface area contributed by atoms with E-state index in [2.05, 4.69) is 5.32 Å². The number of benzene rings is 1. The number of carbonyl (C=O) groups is 2. The van der Waals surface area contributed by atoms with Crippen molar-refractivity contribution >= 4 is 23.6 Å². The van der Waals surface area contributed by atoms with Crippen LogP contribution < -0.4 is 10.1 Å². The minimum Gasteiger partial charge on any atom is -0.497 e. The van der Waals surface area contributed by atoms with Crippen LogP contribution in [0.2, 0.25) is 0 Å². The van der Waals surface area contributed by atoms with E-state index < -0.39 is 11.5 Å². The van der Waals surface area contributed by atoms with Gasteiger partial charge in [-0.15, -0.1) is 0 Å². The molecule has 1 atom stereocenters. The van der Waals surface area contributed by atoms with Crippen molar-refractivity contribution in [3.63, 3.8) is 0 Å². The molecule has 1 aliphatic heterocycles. The molecule has 1 aromatic carbocycles. The molecule has 0 saturated carbocycles. The van der Waals surface area contributed by atoms with Crippen molar-refractivity contribution in [2.24, 2.45) is 5.92 Å². The molecule has 1 unspecified atom stereocenters. The third kappa shape index (κ3) is 4.64. The van der Waals surface area contributed by atoms with Crippen molar-refractivity contribution in [1.82, 2.24) is 5.32 Å². The van der Waals surface area contributed by atoms with Crippen LogP contribution in [0.3, 0.4) is 0 Å². The van der Waals surface area contributed by atoms with Gasteiger partial charge in [0.05, 0.1) is 19.1 Å². The molecule has 0 radical (unpaired) electrons. The zero-order chi connectivity index (χ0) is 16.9. The van der Waals surface area contributed by atoms with E-state index in [0.717, 1.165) is 29.9 Å². The Kier molecular flexibility index (Phi) is 5.93. The fraction of sp³-hybridized carbons (Fsp3) is 0.529. The van der Waals surface area contributed by atoms with Gasteiger partial charge in [-0.3, -0.25) is 9.59 Å². The Morgan fingerprint density at radius 3 is 2.70 bits per heavy atom. The molecule has 6 heteroatoms. The molecule has 0 spiro atoms. The summed E-state index contributed by atoms with van der Waals surface area (Å²) in [6.07, 6.45) is 1.52. The molecule has 0 bridgehead atoms. The van der Waals surface area contributed by atoms with E-state index in [-0.39, 0.29) is 18.2 Å². The lowest BCUT2D eigenvalue weighted by molar-refractivity contribution is -0.139. The van der Waals surface area contributed by atoms with Crippen molar-refractivity contribution in [2.45, 2.75) is 31.7 Å². The van der Waals surface area contributed by atoms with Gasteiger partial charge in [-0.2, -0.15) is 11.8 Å². The number of hydrogen-bond acceptors (Lipinski definition) is 4. The van der Waals surface area contributed by atoms with Crippen LogP contribution in [0.1, 0.15) is 31.7 Å². The Bertz CT molecular complexity index is 571. The zero-order valence-corrected chi connectivity index (χ0v) is 14.3. The highest BCUT2D eigenvalue weighted by molar-refractivity contribution is 7.99. The standard InChI is InChI=1S/C17H23NO4S/c1-17(11-15(19)20,13-4-3-5-14(10-13)22-2)18-16(21)12-6-8-23-9-7-12/h3-5,10,12H,6-9,11H2,1-2H3,(H,18,21)(H,19,20). The minimum atomic E-state index is -0.956. The Hall–Kier alpha value is -1.69. The second kappa shape index (κ2) is 7.73. The van der Waals surface area contributed by atoms with Gasteiger partial charge in [0, 0.05) is 5.92 Å². The van der Waals surface area contributed by atoms with Crippen LogP contribution in [0.5, 0.6) is 5.75 Å². The van der Waals surface area contributed by atoms with Crippen molar-refractivity contribution in [3.8, 4) is 5.75 Å². The van der Waals surface area contributed by atoms with Crippen LogP contribution in [0.4, 0.5) is 0 Å². The molecule has 1 heterocycles. The summed E-state index contributed by atoms with van der Waals surface area (Å²) in [7, 11) is 1.56. The van der Waals surface area contributed by atoms with Crippen molar-refractivity contribution < 1.29 is 19.4 Å². The first-order valence-corrected chi connectivity index (χ1v) is 8.86. The summed E-state index contributed by atoms with van der Waals surface area (Å²) in [5, 5.41) is 12.3. The molecule has 1 aliphatic rings. The van der Waals surface area contributed by atoms with Gasteiger partial charge in [-0.1, -0.05) is 12.1 Å². The SMILES string of the molecule is COc1cccc(C(C)(CC(=O)O)NC(=O)C2CCSCC2)c1. The number of thioether (sulfide) groups is 1. The van der Waals surface area contributed by atoms with E-state index in [1.54, 1.807) is 32.2 Å². The summed E-state index contributed by atoms with van der Waals surface area (Å²) in [6.45, 7) is 1.76. The van der Waals surface area contributed by atoms with E-state index in [9.17, 15) is 14.7 Å². The van der Waals surface area contributed by atoms with Gasteiger partial charge >= 0.3 is 5.97 Å². The van der Waals surface area contributed by atoms with Gasteiger partial charge in [0.1, 0.15) is 5.75 Å². The quantitative estimate of drug-likeness (QED) is 0.834. The molecular formula is C17H23NO4S. The highest BCUT2D eigenvalue weighted by Gasteiger charge is 2.34. The largest absolute Gasteiger partial charge is 0.497 e. The smallest absolute Gasteiger partial charge is 0.306 e. The number of amides is 1. The summed E-state index contributed by atoms with van der Waals surface area (Å²) in [5.41, 5.74) is -0.222. The second-order valence-electron chi connectivity index (χ2n) is 6.01. The first-order valence-electron chi connectivity index (χ1n) is 7.71. The summed E-state index contributed by atoms with van der Waals surface area (Å²) in [6, 6.07) is 7.20. The Labute approximate surface area is 140 Å². The van der Waals surface area contributed by atoms with Gasteiger partial charge < -0.3 is 15.2 Å². The number of nitrogens with one attached hydrogen (secondary N) is 1. The number of hydrogen-bond donors (Lipinski definition) is 2. The third-order valence-electron chi connectivity index (χ3n) is 4.20. The Morgan fingerprint density at radius 1 is 1.39 bits per heavy atom. The fourth-order valence-corrected chi connectivity index (χ4v) is 3.93. The van der Waals surface area contributed by atoms with Crippen LogP contribution in [0, 0.1) is 5.92 Å². The molecule has 1 amide bonds. The van der Waals surface area contributed by atoms with Crippen LogP contribution in [0.15, 0.2) is 24.3 Å². The molecule has 2 N–H and O–H groups in total. The highest BCUT2D eigenvalue weighted by Crippen LogP contribution is 2.30. The summed E-state index contributed by atoms with van der Waals surface area (Å²) >= 11 is 1.86. The molecular weight excluding hydrogens is 314 g/mol. The number of carbonyl (C=O) groups excluding carboxylic acids is 1. The monoisotopic (exact) mass is 337 g/mol. The van der Waals surface area contributed by atoms with Gasteiger partial charge in [-0.25, -0.2) is 0 Å². The fourth-order valence-electron chi connectivity index (χ4n) is 2.82. The van der Waals surface area contributed by atoms with E-state index in [0.29, 0.717) is 5.75 Å². The summed E-state index contributed by atoms with van der Waals surface area (Å²) in [4.78, 5) is 23.9. The van der Waals surface area contributed by atoms with E-state index >= 15 is 0 Å². The molecule has 1 aromatic rings. The number of aliphatic carboxylic acids is 1. The number of rotatable bonds is 6. The molecule has 1 fully saturated rings. The number of carboxylic acid groups (broad SMARTS) is 1. The second-order valence-corrected chi connectivity index (χ2v) is 7.24. The van der Waals surface area contributed by atoms with E-state index in [1.165, 1.54) is 0 Å². The maximum absolute atomic E-state index is 12.6. The average molecular weight is 337 g/mol. The molecule has 126 valence electrons. The van der Waals surface area contributed by atoms with E-state index in [4.69, 9.17) is 4.74 Å². The van der Waals surface area contributed by atoms with Crippen molar-refractivity contribution in [1.29, 1.82) is 0 Å². The lowest BCUT2D eigenvalue weighted by Crippen LogP contribution is -2.48. The van der Waals surface area contributed by atoms with Crippen LogP contribution in [-0.2, 0) is 15.1 Å². The Morgan fingerprint density at radius 2 is 2.09 bits per heavy atom. The maximum atomic E-state index is 12.6. The third-order valence-corrected chi connectivity index (χ3v) is 5.25. The van der Waals surface area contributed by atoms with Crippen molar-refractivity contribution in [2.75, 3.05) is 18.6 Å². The molecule has 23 heavy (non-hydrogen) atoms. The van der Waals surface area contributed by atoms with Gasteiger partial charge in [0.2, 0.25) is 5.91 Å². The summed E-state index contributed by atoms with van der Waals surface area (Å²) < 4.78 is 5.21. The van der Waals surface area contributed by atoms with Gasteiger partial charge in [-0.05, 0) is 49.0 Å². The van der Waals surface area contributed by atoms with Crippen LogP contribution in [0.25, 0.3) is 0 Å². The predicted octanol–water partition coefficient (Wildman–Crippen LogP) is 2.64. The van der Waals surface area contributed by atoms with Crippen LogP contribution in [-0.4, -0.2) is 35.6 Å². The van der Waals surface area contributed by atoms with E-state index in [1.807, 2.05) is 17.8 Å². The number of ether oxygens (including phenoxy) is 1. The first-order chi connectivity index (χ1) is 10.9. The zero-order valence-electron chi connectivity index (χ0n) is 13.5. The number of carboxylic acids is 1. The lowest BCUT2D eigenvalue weighted by atomic mass is 9.87. The topological polar surface area (TPSA) is 75.6 Å². The highest BCUT2D eigenvalue weighted by atomic mass is 32.2. The number of methoxy groups -OCH3 is 1. The van der Waals surface area contributed by atoms with Gasteiger partial charge in [0.25, 0.3) is 0 Å². The van der Waals surface area contributed by atoms with Crippen LogP contribution >= 0.6 is 11.8 Å². The molecule has 2 rings (SSSR count). The molecule has 0 aromatic heterocycles. The normalized spacial score (nSPS) is 18.0. The van der Waals surface area contributed by atoms with Crippen molar-refractivity contribution in [3.05, 3.63) is 29.8 Å². The summed E-state index contributed by atoms with van der Waals surface area (Å²) in [5.74, 6) is 1.56. The lowest BCUT2D eigenvalue weighted by Gasteiger charge is -2.33. The molecule has 1 saturated heterocycles. The van der Waals surface area contributed by atoms with Gasteiger partial charge in [0.15, 0.2) is 0 Å². The minimum absolute atomic E-state index is 0.0324.